The molecular formula is C14H19N3Se. The molecule has 0 amide bonds. The van der Waals surface area contributed by atoms with Gasteiger partial charge in [-0.3, -0.25) is 0 Å². The Hall–Kier alpha value is -0.861. The van der Waals surface area contributed by atoms with E-state index in [-0.39, 0.29) is 15.0 Å². The molecule has 1 aromatic heterocycles. The number of aromatic nitrogens is 2. The maximum absolute atomic E-state index is 4.53. The zero-order valence-corrected chi connectivity index (χ0v) is 12.7. The second kappa shape index (κ2) is 4.67. The van der Waals surface area contributed by atoms with Gasteiger partial charge in [0, 0.05) is 0 Å². The molecule has 0 radical (unpaired) electrons. The Labute approximate surface area is 114 Å². The molecule has 1 aliphatic carbocycles. The molecule has 0 bridgehead atoms. The van der Waals surface area contributed by atoms with Crippen molar-refractivity contribution in [3.8, 4) is 0 Å². The Balaban J connectivity index is 1.82. The molecule has 1 N–H and O–H groups in total. The van der Waals surface area contributed by atoms with Crippen molar-refractivity contribution in [3.63, 3.8) is 0 Å². The Bertz CT molecular complexity index is 547. The monoisotopic (exact) mass is 309 g/mol. The molecule has 0 saturated heterocycles. The van der Waals surface area contributed by atoms with E-state index in [1.165, 1.54) is 31.4 Å². The minimum absolute atomic E-state index is 0.0615. The van der Waals surface area contributed by atoms with Crippen molar-refractivity contribution in [3.05, 3.63) is 18.2 Å². The van der Waals surface area contributed by atoms with E-state index in [9.17, 15) is 0 Å². The molecule has 1 fully saturated rings. The van der Waals surface area contributed by atoms with Crippen molar-refractivity contribution >= 4 is 31.7 Å². The summed E-state index contributed by atoms with van der Waals surface area (Å²) in [6.45, 7) is 4.75. The molecule has 96 valence electrons. The molecule has 3 rings (SSSR count). The van der Waals surface area contributed by atoms with Gasteiger partial charge in [0.1, 0.15) is 0 Å². The van der Waals surface area contributed by atoms with Gasteiger partial charge in [0.2, 0.25) is 0 Å². The Morgan fingerprint density at radius 1 is 1.33 bits per heavy atom. The Morgan fingerprint density at radius 2 is 2.22 bits per heavy atom. The van der Waals surface area contributed by atoms with Crippen LogP contribution >= 0.6 is 0 Å². The zero-order valence-electron chi connectivity index (χ0n) is 10.9. The van der Waals surface area contributed by atoms with Crippen LogP contribution in [0.3, 0.4) is 0 Å². The molecule has 4 heteroatoms. The fourth-order valence-electron chi connectivity index (χ4n) is 2.96. The van der Waals surface area contributed by atoms with Crippen LogP contribution in [0.2, 0.25) is 0 Å². The molecule has 0 aliphatic heterocycles. The normalized spacial score (nSPS) is 23.1. The molecule has 0 spiro atoms. The fourth-order valence-corrected chi connectivity index (χ4v) is 4.12. The second-order valence-corrected chi connectivity index (χ2v) is 7.15. The Kier molecular flexibility index (Phi) is 3.16. The Morgan fingerprint density at radius 3 is 3.06 bits per heavy atom. The third-order valence-electron chi connectivity index (χ3n) is 3.85. The van der Waals surface area contributed by atoms with Crippen molar-refractivity contribution < 1.29 is 0 Å². The molecule has 18 heavy (non-hydrogen) atoms. The maximum atomic E-state index is 4.53. The quantitative estimate of drug-likeness (QED) is 0.867. The minimum atomic E-state index is 0.0615. The number of hydrogen-bond acceptors (Lipinski definition) is 3. The number of anilines is 1. The van der Waals surface area contributed by atoms with E-state index in [1.54, 1.807) is 0 Å². The van der Waals surface area contributed by atoms with Crippen LogP contribution in [0.4, 0.5) is 5.69 Å². The van der Waals surface area contributed by atoms with Gasteiger partial charge in [-0.15, -0.1) is 0 Å². The molecule has 1 aromatic carbocycles. The zero-order chi connectivity index (χ0) is 12.6. The topological polar surface area (TPSA) is 37.8 Å². The van der Waals surface area contributed by atoms with E-state index in [2.05, 4.69) is 45.3 Å². The predicted molar refractivity (Wildman–Crippen MR) is 76.1 cm³/mol. The number of nitrogens with zero attached hydrogens (tertiary/aromatic N) is 2. The third kappa shape index (κ3) is 2.45. The van der Waals surface area contributed by atoms with Gasteiger partial charge in [-0.25, -0.2) is 0 Å². The van der Waals surface area contributed by atoms with Gasteiger partial charge in [-0.1, -0.05) is 0 Å². The van der Waals surface area contributed by atoms with Crippen LogP contribution in [0.25, 0.3) is 11.0 Å². The van der Waals surface area contributed by atoms with Crippen LogP contribution < -0.4 is 5.32 Å². The van der Waals surface area contributed by atoms with E-state index in [4.69, 9.17) is 0 Å². The number of rotatable bonds is 2. The van der Waals surface area contributed by atoms with Crippen molar-refractivity contribution in [1.29, 1.82) is 0 Å². The number of nitrogens with one attached hydrogen (secondary N) is 1. The van der Waals surface area contributed by atoms with Crippen LogP contribution in [0.1, 0.15) is 39.5 Å². The van der Waals surface area contributed by atoms with Crippen LogP contribution in [-0.2, 0) is 0 Å². The van der Waals surface area contributed by atoms with E-state index in [0.717, 1.165) is 11.0 Å². The van der Waals surface area contributed by atoms with Crippen molar-refractivity contribution in [2.45, 2.75) is 45.6 Å². The average Bonchev–Trinajstić information content (AvgIpc) is 2.77. The van der Waals surface area contributed by atoms with Crippen molar-refractivity contribution in [1.82, 2.24) is 7.96 Å². The van der Waals surface area contributed by atoms with Gasteiger partial charge in [0.05, 0.1) is 0 Å². The second-order valence-electron chi connectivity index (χ2n) is 6.04. The molecule has 1 heterocycles. The van der Waals surface area contributed by atoms with Gasteiger partial charge in [-0.05, 0) is 0 Å². The van der Waals surface area contributed by atoms with Gasteiger partial charge in [0.25, 0.3) is 0 Å². The van der Waals surface area contributed by atoms with Crippen molar-refractivity contribution in [2.75, 3.05) is 5.32 Å². The molecule has 1 aliphatic rings. The summed E-state index contributed by atoms with van der Waals surface area (Å²) < 4.78 is 8.97. The first-order valence-electron chi connectivity index (χ1n) is 6.62. The summed E-state index contributed by atoms with van der Waals surface area (Å²) in [5.74, 6) is 0. The van der Waals surface area contributed by atoms with Crippen LogP contribution in [-0.4, -0.2) is 29.0 Å². The standard InChI is InChI=1S/C14H19N3Se/c1-14(2)8-4-5-10(9-14)15-11-6-3-7-12-13(11)17-18-16-12/h3,6-7,10,15H,4-5,8-9H2,1-2H3. The molecule has 1 saturated carbocycles. The predicted octanol–water partition coefficient (Wildman–Crippen LogP) is 3.07. The third-order valence-corrected chi connectivity index (χ3v) is 4.99. The van der Waals surface area contributed by atoms with E-state index in [0.29, 0.717) is 11.5 Å². The summed E-state index contributed by atoms with van der Waals surface area (Å²) >= 11 is 0.0615. The summed E-state index contributed by atoms with van der Waals surface area (Å²) in [7, 11) is 0. The molecule has 1 atom stereocenters. The van der Waals surface area contributed by atoms with Gasteiger partial charge < -0.3 is 0 Å². The van der Waals surface area contributed by atoms with Crippen LogP contribution in [0.15, 0.2) is 18.2 Å². The summed E-state index contributed by atoms with van der Waals surface area (Å²) in [5, 5.41) is 3.69. The van der Waals surface area contributed by atoms with Crippen LogP contribution in [0, 0.1) is 5.41 Å². The first-order valence-corrected chi connectivity index (χ1v) is 8.15. The number of benzene rings is 1. The van der Waals surface area contributed by atoms with E-state index in [1.807, 2.05) is 0 Å². The molecule has 3 nitrogen and oxygen atoms in total. The van der Waals surface area contributed by atoms with Crippen molar-refractivity contribution in [2.24, 2.45) is 5.41 Å². The average molecular weight is 308 g/mol. The van der Waals surface area contributed by atoms with Crippen LogP contribution in [0.5, 0.6) is 0 Å². The van der Waals surface area contributed by atoms with E-state index < -0.39 is 0 Å². The van der Waals surface area contributed by atoms with E-state index >= 15 is 0 Å². The fraction of sp³-hybridized carbons (Fsp3) is 0.571. The summed E-state index contributed by atoms with van der Waals surface area (Å²) in [4.78, 5) is 0. The number of fused-ring (bicyclic) bond motifs is 1. The van der Waals surface area contributed by atoms with Gasteiger partial charge in [-0.2, -0.15) is 0 Å². The molecule has 1 unspecified atom stereocenters. The molecular weight excluding hydrogens is 289 g/mol. The number of hydrogen-bond donors (Lipinski definition) is 1. The first-order chi connectivity index (χ1) is 8.64. The summed E-state index contributed by atoms with van der Waals surface area (Å²) in [6.07, 6.45) is 5.19. The van der Waals surface area contributed by atoms with Gasteiger partial charge >= 0.3 is 114 Å². The summed E-state index contributed by atoms with van der Waals surface area (Å²) in [5.41, 5.74) is 3.80. The molecule has 2 aromatic rings. The van der Waals surface area contributed by atoms with Gasteiger partial charge in [0.15, 0.2) is 0 Å². The summed E-state index contributed by atoms with van der Waals surface area (Å²) in [6, 6.07) is 6.86. The first kappa shape index (κ1) is 12.2. The SMILES string of the molecule is CC1(C)CCCC(Nc2cccc3n[se]nc23)C1.